The lowest BCUT2D eigenvalue weighted by Crippen LogP contribution is -2.41. The summed E-state index contributed by atoms with van der Waals surface area (Å²) >= 11 is 3.54. The summed E-state index contributed by atoms with van der Waals surface area (Å²) < 4.78 is 16.0. The molecule has 0 unspecified atom stereocenters. The summed E-state index contributed by atoms with van der Waals surface area (Å²) in [4.78, 5) is 0. The first-order valence-electron chi connectivity index (χ1n) is 44.2. The zero-order valence-electron chi connectivity index (χ0n) is 71.1. The van der Waals surface area contributed by atoms with Gasteiger partial charge in [0.05, 0.1) is 22.2 Å². The minimum absolute atomic E-state index is 0.334. The standard InChI is InChI=1S/C42H27N.C37H24.C26H25BO2.C17H11Br/c1-2-10-37(11-3-1)43-40-13-7-6-12-39(40)42-38-22-20-34(25-35(38)21-23-41(42)43)33-19-16-29-15-18-32(26-36(29)27-33)31-17-14-28-8-4-5-9-30(28)24-31;1-2-6-26-19-27(12-9-24(26)5-1)28-13-10-25-11-14-29(22-34(25)21-28)30-17-18-36-32(20-30)15-16-33-23-31-7-3-4-8-35(31)37(33)36;1-25(2)26(3,4)29-27(28-25)24-14-13-19-10-12-22(16-23(19)17-24)21-11-9-18-7-5-6-8-20(18)15-21;18-14-7-8-16-12(10-14)5-6-13-9-11-3-1-2-4-15(11)17(13)16/h1-27H;1-22H,23H2;5-17H,1-4H3;1-8,10H,9H2. The molecule has 1 fully saturated rings. The van der Waals surface area contributed by atoms with E-state index in [4.69, 9.17) is 9.31 Å². The van der Waals surface area contributed by atoms with Gasteiger partial charge < -0.3 is 13.9 Å². The Bertz CT molecular complexity index is 8370. The molecule has 0 atom stereocenters. The Hall–Kier alpha value is -14.6. The van der Waals surface area contributed by atoms with Crippen LogP contribution in [0.4, 0.5) is 0 Å². The van der Waals surface area contributed by atoms with E-state index in [1.165, 1.54) is 225 Å². The van der Waals surface area contributed by atoms with Gasteiger partial charge in [0.15, 0.2) is 0 Å². The quantitative estimate of drug-likeness (QED) is 0.149. The van der Waals surface area contributed by atoms with Crippen LogP contribution in [0.1, 0.15) is 49.9 Å². The van der Waals surface area contributed by atoms with Crippen LogP contribution in [0.25, 0.3) is 202 Å². The topological polar surface area (TPSA) is 23.4 Å². The highest BCUT2D eigenvalue weighted by molar-refractivity contribution is 9.10. The van der Waals surface area contributed by atoms with E-state index in [2.05, 4.69) is 479 Å². The van der Waals surface area contributed by atoms with Crippen LogP contribution >= 0.6 is 15.9 Å². The minimum atomic E-state index is -0.339. The molecule has 3 aliphatic rings. The molecule has 0 spiro atoms. The van der Waals surface area contributed by atoms with Crippen LogP contribution in [0.3, 0.4) is 0 Å². The molecule has 2 aliphatic carbocycles. The molecule has 1 aliphatic heterocycles. The second-order valence-electron chi connectivity index (χ2n) is 35.4. The Morgan fingerprint density at radius 2 is 0.559 bits per heavy atom. The Morgan fingerprint density at radius 1 is 0.236 bits per heavy atom. The summed E-state index contributed by atoms with van der Waals surface area (Å²) in [5.74, 6) is 0. The van der Waals surface area contributed by atoms with E-state index in [1.807, 2.05) is 0 Å². The van der Waals surface area contributed by atoms with Crippen LogP contribution in [0.5, 0.6) is 0 Å². The fraction of sp³-hybridized carbons (Fsp3) is 0.0656. The first kappa shape index (κ1) is 77.3. The molecule has 22 aromatic carbocycles. The molecule has 1 saturated heterocycles. The van der Waals surface area contributed by atoms with Gasteiger partial charge in [-0.2, -0.15) is 0 Å². The average molecular weight is 1690 g/mol. The fourth-order valence-electron chi connectivity index (χ4n) is 19.8. The zero-order chi connectivity index (χ0) is 85.0. The Morgan fingerprint density at radius 3 is 1.02 bits per heavy atom. The number of halogens is 1. The van der Waals surface area contributed by atoms with Gasteiger partial charge in [0.2, 0.25) is 0 Å². The number of benzene rings is 22. The summed E-state index contributed by atoms with van der Waals surface area (Å²) in [5.41, 5.74) is 27.9. The van der Waals surface area contributed by atoms with Crippen molar-refractivity contribution in [2.24, 2.45) is 0 Å². The molecule has 2 heterocycles. The smallest absolute Gasteiger partial charge is 0.399 e. The van der Waals surface area contributed by atoms with Gasteiger partial charge in [-0.25, -0.2) is 0 Å². The fourth-order valence-corrected chi connectivity index (χ4v) is 20.2. The Balaban J connectivity index is 0.000000101. The maximum Gasteiger partial charge on any atom is 0.494 e. The molecule has 127 heavy (non-hydrogen) atoms. The van der Waals surface area contributed by atoms with Crippen molar-refractivity contribution in [3.05, 3.63) is 457 Å². The highest BCUT2D eigenvalue weighted by Crippen LogP contribution is 2.47. The number of fused-ring (bicyclic) bond motifs is 21. The van der Waals surface area contributed by atoms with Crippen LogP contribution in [0.2, 0.25) is 0 Å². The van der Waals surface area contributed by atoms with Gasteiger partial charge in [0.25, 0.3) is 0 Å². The summed E-state index contributed by atoms with van der Waals surface area (Å²) in [6, 6.07) is 157. The van der Waals surface area contributed by atoms with Crippen LogP contribution in [0, 0.1) is 0 Å². The normalized spacial score (nSPS) is 13.4. The van der Waals surface area contributed by atoms with E-state index in [0.29, 0.717) is 0 Å². The van der Waals surface area contributed by atoms with Crippen molar-refractivity contribution in [2.45, 2.75) is 51.7 Å². The summed E-state index contributed by atoms with van der Waals surface area (Å²) in [5, 5.41) is 25.5. The minimum Gasteiger partial charge on any atom is -0.399 e. The molecule has 23 aromatic rings. The first-order chi connectivity index (χ1) is 62.2. The highest BCUT2D eigenvalue weighted by Gasteiger charge is 2.51. The lowest BCUT2D eigenvalue weighted by molar-refractivity contribution is 0.00578. The molecule has 26 rings (SSSR count). The van der Waals surface area contributed by atoms with Crippen molar-refractivity contribution in [3.63, 3.8) is 0 Å². The predicted molar refractivity (Wildman–Crippen MR) is 545 cm³/mol. The van der Waals surface area contributed by atoms with Gasteiger partial charge in [-0.3, -0.25) is 0 Å². The van der Waals surface area contributed by atoms with Gasteiger partial charge in [-0.05, 0) is 340 Å². The molecule has 5 heteroatoms. The second kappa shape index (κ2) is 31.6. The molecular formula is C122H87BBrNO2. The number of rotatable bonds is 7. The summed E-state index contributed by atoms with van der Waals surface area (Å²) in [6.45, 7) is 8.36. The maximum absolute atomic E-state index is 6.24. The van der Waals surface area contributed by atoms with Gasteiger partial charge in [0.1, 0.15) is 0 Å². The van der Waals surface area contributed by atoms with E-state index >= 15 is 0 Å². The van der Waals surface area contributed by atoms with Gasteiger partial charge in [-0.1, -0.05) is 350 Å². The molecule has 0 radical (unpaired) electrons. The van der Waals surface area contributed by atoms with Crippen molar-refractivity contribution >= 4 is 147 Å². The molecule has 0 N–H and O–H groups in total. The second-order valence-corrected chi connectivity index (χ2v) is 36.3. The third-order valence-electron chi connectivity index (χ3n) is 27.2. The van der Waals surface area contributed by atoms with Crippen molar-refractivity contribution < 1.29 is 9.31 Å². The Kier molecular flexibility index (Phi) is 19.2. The number of hydrogen-bond donors (Lipinski definition) is 0. The van der Waals surface area contributed by atoms with Crippen LogP contribution < -0.4 is 5.46 Å². The molecular weight excluding hydrogens is 1600 g/mol. The lowest BCUT2D eigenvalue weighted by atomic mass is 9.78. The molecule has 0 bridgehead atoms. The van der Waals surface area contributed by atoms with Crippen molar-refractivity contribution in [1.82, 2.24) is 4.57 Å². The Labute approximate surface area is 748 Å². The van der Waals surface area contributed by atoms with Gasteiger partial charge in [0, 0.05) is 20.9 Å². The van der Waals surface area contributed by atoms with Crippen molar-refractivity contribution in [3.8, 4) is 83.6 Å². The number of hydrogen-bond acceptors (Lipinski definition) is 2. The lowest BCUT2D eigenvalue weighted by Gasteiger charge is -2.32. The van der Waals surface area contributed by atoms with E-state index in [0.717, 1.165) is 22.8 Å². The molecule has 3 nitrogen and oxygen atoms in total. The number of nitrogens with zero attached hydrogens (tertiary/aromatic N) is 1. The van der Waals surface area contributed by atoms with Crippen molar-refractivity contribution in [1.29, 1.82) is 0 Å². The molecule has 1 aromatic heterocycles. The molecule has 602 valence electrons. The maximum atomic E-state index is 6.24. The summed E-state index contributed by atoms with van der Waals surface area (Å²) in [7, 11) is -0.339. The highest BCUT2D eigenvalue weighted by atomic mass is 79.9. The number of aromatic nitrogens is 1. The van der Waals surface area contributed by atoms with Crippen LogP contribution in [0.15, 0.2) is 435 Å². The average Bonchev–Trinajstić information content (AvgIpc) is 1.58. The SMILES string of the molecule is Brc1ccc2c3c(ccc2c1)Cc1ccccc1-3.CC1(C)OB(c2ccc3ccc(-c4ccc5ccccc5c4)cc3c2)OC1(C)C.c1ccc(-n2c3ccccc3c3c4ccc(-c5ccc6ccc(-c7ccc8ccccc8c7)cc6c5)cc4ccc32)cc1.c1ccc2c(c1)Cc1ccc3cc(-c4ccc5ccc(-c6ccc7ccccc7c6)cc5c4)ccc3c1-2. The van der Waals surface area contributed by atoms with Crippen molar-refractivity contribution in [2.75, 3.05) is 0 Å². The first-order valence-corrected chi connectivity index (χ1v) is 44.9. The van der Waals surface area contributed by atoms with E-state index in [1.54, 1.807) is 0 Å². The third-order valence-corrected chi connectivity index (χ3v) is 27.7. The van der Waals surface area contributed by atoms with Crippen LogP contribution in [-0.2, 0) is 22.2 Å². The van der Waals surface area contributed by atoms with Gasteiger partial charge in [-0.15, -0.1) is 0 Å². The number of para-hydroxylation sites is 2. The summed E-state index contributed by atoms with van der Waals surface area (Å²) in [6.07, 6.45) is 2.10. The predicted octanol–water partition coefficient (Wildman–Crippen LogP) is 32.8. The third kappa shape index (κ3) is 14.3. The molecule has 0 saturated carbocycles. The van der Waals surface area contributed by atoms with E-state index in [9.17, 15) is 0 Å². The van der Waals surface area contributed by atoms with E-state index in [-0.39, 0.29) is 18.3 Å². The van der Waals surface area contributed by atoms with Gasteiger partial charge >= 0.3 is 7.12 Å². The van der Waals surface area contributed by atoms with E-state index < -0.39 is 0 Å². The molecule has 0 amide bonds. The zero-order valence-corrected chi connectivity index (χ0v) is 72.7. The largest absolute Gasteiger partial charge is 0.494 e. The van der Waals surface area contributed by atoms with Crippen LogP contribution in [-0.4, -0.2) is 22.9 Å². The monoisotopic (exact) mass is 1690 g/mol.